The molecule has 0 saturated carbocycles. The van der Waals surface area contributed by atoms with Gasteiger partial charge in [-0.3, -0.25) is 4.79 Å². The SMILES string of the molecule is CCCCCCCCCCCCCC/C=C\CCCCCCCCCCCCCCCCCCC(=O)NC(CO)C(O)/C=C/CCCCCCCCCCCCCCCC. The lowest BCUT2D eigenvalue weighted by atomic mass is 10.0. The maximum absolute atomic E-state index is 12.4. The summed E-state index contributed by atoms with van der Waals surface area (Å²) < 4.78 is 0. The lowest BCUT2D eigenvalue weighted by Gasteiger charge is -2.20. The first kappa shape index (κ1) is 58.9. The Bertz CT molecular complexity index is 871. The Labute approximate surface area is 377 Å². The summed E-state index contributed by atoms with van der Waals surface area (Å²) in [5, 5.41) is 23.1. The number of hydrogen-bond donors (Lipinski definition) is 3. The van der Waals surface area contributed by atoms with E-state index in [0.29, 0.717) is 6.42 Å². The van der Waals surface area contributed by atoms with Crippen molar-refractivity contribution in [2.75, 3.05) is 6.61 Å². The summed E-state index contributed by atoms with van der Waals surface area (Å²) in [6.07, 6.45) is 69.1. The van der Waals surface area contributed by atoms with Gasteiger partial charge in [0.2, 0.25) is 5.91 Å². The average Bonchev–Trinajstić information content (AvgIpc) is 3.25. The molecular weight excluding hydrogens is 735 g/mol. The molecule has 0 heterocycles. The van der Waals surface area contributed by atoms with Gasteiger partial charge in [-0.25, -0.2) is 0 Å². The fraction of sp³-hybridized carbons (Fsp3) is 0.911. The van der Waals surface area contributed by atoms with Crippen LogP contribution in [0.5, 0.6) is 0 Å². The highest BCUT2D eigenvalue weighted by atomic mass is 16.3. The summed E-state index contributed by atoms with van der Waals surface area (Å²) in [5.41, 5.74) is 0. The Morgan fingerprint density at radius 3 is 0.917 bits per heavy atom. The number of nitrogens with one attached hydrogen (secondary N) is 1. The molecule has 0 rings (SSSR count). The minimum atomic E-state index is -0.836. The maximum atomic E-state index is 12.4. The van der Waals surface area contributed by atoms with E-state index in [1.807, 2.05) is 6.08 Å². The van der Waals surface area contributed by atoms with Crippen molar-refractivity contribution >= 4 is 5.91 Å². The van der Waals surface area contributed by atoms with Crippen molar-refractivity contribution in [3.05, 3.63) is 24.3 Å². The van der Waals surface area contributed by atoms with Crippen LogP contribution in [0.3, 0.4) is 0 Å². The monoisotopic (exact) mass is 844 g/mol. The van der Waals surface area contributed by atoms with E-state index in [0.717, 1.165) is 25.7 Å². The number of amides is 1. The standard InChI is InChI=1S/C56H109NO3/c1-3-5-7-9-11-13-15-17-19-21-22-23-24-25-26-27-28-29-30-31-32-33-34-35-36-38-40-42-44-46-48-50-52-56(60)57-54(53-58)55(59)51-49-47-45-43-41-39-37-20-18-16-14-12-10-8-6-4-2/h25-26,49,51,54-55,58-59H,3-24,27-48,50,52-53H2,1-2H3,(H,57,60)/b26-25-,51-49+. The second-order valence-corrected chi connectivity index (χ2v) is 19.0. The van der Waals surface area contributed by atoms with E-state index in [1.54, 1.807) is 6.08 Å². The van der Waals surface area contributed by atoms with Crippen molar-refractivity contribution in [2.24, 2.45) is 0 Å². The third-order valence-electron chi connectivity index (χ3n) is 12.9. The zero-order valence-electron chi connectivity index (χ0n) is 41.0. The fourth-order valence-corrected chi connectivity index (χ4v) is 8.71. The molecule has 0 fully saturated rings. The summed E-state index contributed by atoms with van der Waals surface area (Å²) in [6.45, 7) is 4.34. The summed E-state index contributed by atoms with van der Waals surface area (Å²) >= 11 is 0. The van der Waals surface area contributed by atoms with Crippen molar-refractivity contribution in [1.29, 1.82) is 0 Å². The average molecular weight is 844 g/mol. The molecule has 4 nitrogen and oxygen atoms in total. The van der Waals surface area contributed by atoms with Gasteiger partial charge in [0.1, 0.15) is 0 Å². The molecule has 4 heteroatoms. The van der Waals surface area contributed by atoms with E-state index < -0.39 is 12.1 Å². The van der Waals surface area contributed by atoms with Crippen LogP contribution < -0.4 is 5.32 Å². The minimum absolute atomic E-state index is 0.0588. The van der Waals surface area contributed by atoms with Gasteiger partial charge in [0.05, 0.1) is 18.8 Å². The Kier molecular flexibility index (Phi) is 51.2. The van der Waals surface area contributed by atoms with Crippen molar-refractivity contribution in [2.45, 2.75) is 321 Å². The number of carbonyl (C=O) groups excluding carboxylic acids is 1. The number of unbranched alkanes of at least 4 members (excludes halogenated alkanes) is 42. The zero-order chi connectivity index (χ0) is 43.5. The third kappa shape index (κ3) is 47.9. The molecule has 0 aromatic heterocycles. The van der Waals surface area contributed by atoms with Crippen LogP contribution in [0.4, 0.5) is 0 Å². The summed E-state index contributed by atoms with van der Waals surface area (Å²) in [7, 11) is 0. The predicted molar refractivity (Wildman–Crippen MR) is 267 cm³/mol. The van der Waals surface area contributed by atoms with Crippen LogP contribution >= 0.6 is 0 Å². The summed E-state index contributed by atoms with van der Waals surface area (Å²) in [4.78, 5) is 12.4. The summed E-state index contributed by atoms with van der Waals surface area (Å²) in [5.74, 6) is -0.0588. The number of aliphatic hydroxyl groups excluding tert-OH is 2. The van der Waals surface area contributed by atoms with E-state index in [4.69, 9.17) is 0 Å². The van der Waals surface area contributed by atoms with Crippen LogP contribution in [0.2, 0.25) is 0 Å². The van der Waals surface area contributed by atoms with E-state index in [2.05, 4.69) is 31.3 Å². The third-order valence-corrected chi connectivity index (χ3v) is 12.9. The zero-order valence-corrected chi connectivity index (χ0v) is 41.0. The van der Waals surface area contributed by atoms with Gasteiger partial charge in [-0.2, -0.15) is 0 Å². The predicted octanol–water partition coefficient (Wildman–Crippen LogP) is 17.9. The van der Waals surface area contributed by atoms with Gasteiger partial charge < -0.3 is 15.5 Å². The molecule has 0 aliphatic rings. The molecular formula is C56H109NO3. The van der Waals surface area contributed by atoms with Crippen molar-refractivity contribution in [1.82, 2.24) is 5.32 Å². The molecule has 1 amide bonds. The van der Waals surface area contributed by atoms with E-state index >= 15 is 0 Å². The Morgan fingerprint density at radius 1 is 0.383 bits per heavy atom. The van der Waals surface area contributed by atoms with Crippen LogP contribution in [-0.4, -0.2) is 34.9 Å². The number of carbonyl (C=O) groups is 1. The summed E-state index contributed by atoms with van der Waals surface area (Å²) in [6, 6.07) is -0.619. The number of aliphatic hydroxyl groups is 2. The molecule has 3 N–H and O–H groups in total. The molecule has 0 aromatic carbocycles. The van der Waals surface area contributed by atoms with Gasteiger partial charge in [0, 0.05) is 6.42 Å². The van der Waals surface area contributed by atoms with Crippen LogP contribution in [0.15, 0.2) is 24.3 Å². The van der Waals surface area contributed by atoms with Gasteiger partial charge in [-0.05, 0) is 44.9 Å². The maximum Gasteiger partial charge on any atom is 0.220 e. The van der Waals surface area contributed by atoms with E-state index in [-0.39, 0.29) is 12.5 Å². The molecule has 2 unspecified atom stereocenters. The molecule has 0 aliphatic carbocycles. The molecule has 0 aromatic rings. The lowest BCUT2D eigenvalue weighted by molar-refractivity contribution is -0.123. The highest BCUT2D eigenvalue weighted by Gasteiger charge is 2.18. The molecule has 60 heavy (non-hydrogen) atoms. The Morgan fingerprint density at radius 2 is 0.633 bits per heavy atom. The van der Waals surface area contributed by atoms with Gasteiger partial charge in [0.25, 0.3) is 0 Å². The van der Waals surface area contributed by atoms with Crippen molar-refractivity contribution in [3.8, 4) is 0 Å². The molecule has 0 bridgehead atoms. The highest BCUT2D eigenvalue weighted by molar-refractivity contribution is 5.76. The van der Waals surface area contributed by atoms with Gasteiger partial charge >= 0.3 is 0 Å². The van der Waals surface area contributed by atoms with Crippen LogP contribution in [0, 0.1) is 0 Å². The van der Waals surface area contributed by atoms with Crippen LogP contribution in [0.1, 0.15) is 309 Å². The van der Waals surface area contributed by atoms with Gasteiger partial charge in [0.15, 0.2) is 0 Å². The second-order valence-electron chi connectivity index (χ2n) is 19.0. The first-order valence-electron chi connectivity index (χ1n) is 27.6. The Balaban J connectivity index is 3.43. The largest absolute Gasteiger partial charge is 0.394 e. The fourth-order valence-electron chi connectivity index (χ4n) is 8.71. The van der Waals surface area contributed by atoms with Crippen LogP contribution in [-0.2, 0) is 4.79 Å². The normalized spacial score (nSPS) is 12.9. The van der Waals surface area contributed by atoms with Crippen molar-refractivity contribution < 1.29 is 15.0 Å². The first-order chi connectivity index (χ1) is 29.7. The van der Waals surface area contributed by atoms with E-state index in [9.17, 15) is 15.0 Å². The number of rotatable bonds is 51. The minimum Gasteiger partial charge on any atom is -0.394 e. The highest BCUT2D eigenvalue weighted by Crippen LogP contribution is 2.17. The smallest absolute Gasteiger partial charge is 0.220 e. The molecule has 0 saturated heterocycles. The van der Waals surface area contributed by atoms with E-state index in [1.165, 1.54) is 263 Å². The van der Waals surface area contributed by atoms with Crippen molar-refractivity contribution in [3.63, 3.8) is 0 Å². The second kappa shape index (κ2) is 52.2. The molecule has 0 spiro atoms. The topological polar surface area (TPSA) is 69.6 Å². The van der Waals surface area contributed by atoms with Gasteiger partial charge in [-0.1, -0.05) is 282 Å². The van der Waals surface area contributed by atoms with Crippen LogP contribution in [0.25, 0.3) is 0 Å². The van der Waals surface area contributed by atoms with Gasteiger partial charge in [-0.15, -0.1) is 0 Å². The molecule has 0 aliphatic heterocycles. The number of hydrogen-bond acceptors (Lipinski definition) is 3. The lowest BCUT2D eigenvalue weighted by Crippen LogP contribution is -2.45. The quantitative estimate of drug-likeness (QED) is 0.0422. The first-order valence-corrected chi connectivity index (χ1v) is 27.6. The molecule has 0 radical (unpaired) electrons. The number of allylic oxidation sites excluding steroid dienone is 3. The molecule has 2 atom stereocenters. The molecule has 356 valence electrons. The Hall–Kier alpha value is -1.13.